The zero-order valence-corrected chi connectivity index (χ0v) is 22.0. The predicted octanol–water partition coefficient (Wildman–Crippen LogP) is 3.61. The molecule has 0 aromatic heterocycles. The van der Waals surface area contributed by atoms with Crippen LogP contribution in [0.1, 0.15) is 12.5 Å². The lowest BCUT2D eigenvalue weighted by atomic mass is 10.2. The highest BCUT2D eigenvalue weighted by Crippen LogP contribution is 2.30. The average molecular weight is 570 g/mol. The molecule has 8 nitrogen and oxygen atoms in total. The molecule has 2 N–H and O–H groups in total. The summed E-state index contributed by atoms with van der Waals surface area (Å²) in [4.78, 5) is 6.68. The fourth-order valence-corrected chi connectivity index (χ4v) is 3.39. The first-order valence-electron chi connectivity index (χ1n) is 11.0. The number of guanidine groups is 1. The molecule has 9 heteroatoms. The Morgan fingerprint density at radius 2 is 1.91 bits per heavy atom. The van der Waals surface area contributed by atoms with Gasteiger partial charge in [-0.15, -0.1) is 24.0 Å². The van der Waals surface area contributed by atoms with E-state index in [0.717, 1.165) is 49.8 Å². The number of anilines is 1. The van der Waals surface area contributed by atoms with Gasteiger partial charge in [-0.1, -0.05) is 12.1 Å². The summed E-state index contributed by atoms with van der Waals surface area (Å²) in [6, 6.07) is 13.8. The molecule has 0 saturated carbocycles. The minimum atomic E-state index is 0. The number of rotatable bonds is 10. The average Bonchev–Trinajstić information content (AvgIpc) is 2.83. The van der Waals surface area contributed by atoms with Gasteiger partial charge in [0.15, 0.2) is 17.5 Å². The Hall–Kier alpha value is -2.24. The monoisotopic (exact) mass is 570 g/mol. The summed E-state index contributed by atoms with van der Waals surface area (Å²) in [6.07, 6.45) is 0. The van der Waals surface area contributed by atoms with E-state index in [4.69, 9.17) is 18.9 Å². The number of hydrogen-bond acceptors (Lipinski definition) is 6. The van der Waals surface area contributed by atoms with Gasteiger partial charge < -0.3 is 29.6 Å². The molecule has 0 radical (unpaired) electrons. The topological polar surface area (TPSA) is 76.6 Å². The molecule has 1 heterocycles. The Kier molecular flexibility index (Phi) is 12.1. The van der Waals surface area contributed by atoms with Gasteiger partial charge in [0, 0.05) is 45.0 Å². The van der Waals surface area contributed by atoms with Crippen LogP contribution in [0, 0.1) is 0 Å². The molecule has 0 unspecified atom stereocenters. The van der Waals surface area contributed by atoms with Crippen LogP contribution in [0.3, 0.4) is 0 Å². The highest BCUT2D eigenvalue weighted by molar-refractivity contribution is 14.0. The predicted molar refractivity (Wildman–Crippen MR) is 143 cm³/mol. The van der Waals surface area contributed by atoms with Gasteiger partial charge in [0.05, 0.1) is 26.9 Å². The second kappa shape index (κ2) is 14.8. The maximum absolute atomic E-state index is 5.95. The molecule has 0 amide bonds. The number of nitrogens with zero attached hydrogens (tertiary/aromatic N) is 2. The van der Waals surface area contributed by atoms with E-state index in [2.05, 4.69) is 32.7 Å². The number of morpholine rings is 1. The van der Waals surface area contributed by atoms with Gasteiger partial charge >= 0.3 is 0 Å². The zero-order chi connectivity index (χ0) is 22.6. The van der Waals surface area contributed by atoms with E-state index in [1.54, 1.807) is 14.2 Å². The standard InChI is InChI=1S/C24H34N4O4.HI/c1-4-31-23-17-20(8-9-22(23)29-3)27-24(25-2)26-18-19-6-5-7-21(16-19)32-15-12-28-10-13-30-14-11-28;/h5-9,16-17H,4,10-15,18H2,1-3H3,(H2,25,26,27);1H. The van der Waals surface area contributed by atoms with E-state index in [9.17, 15) is 0 Å². The van der Waals surface area contributed by atoms with Crippen molar-refractivity contribution in [2.75, 3.05) is 65.5 Å². The number of aliphatic imine (C=N–C) groups is 1. The lowest BCUT2D eigenvalue weighted by Crippen LogP contribution is -2.38. The summed E-state index contributed by atoms with van der Waals surface area (Å²) < 4.78 is 22.3. The quantitative estimate of drug-likeness (QED) is 0.257. The highest BCUT2D eigenvalue weighted by atomic mass is 127. The van der Waals surface area contributed by atoms with Crippen molar-refractivity contribution in [3.05, 3.63) is 48.0 Å². The van der Waals surface area contributed by atoms with Crippen molar-refractivity contribution in [2.45, 2.75) is 13.5 Å². The molecule has 1 fully saturated rings. The van der Waals surface area contributed by atoms with Crippen LogP contribution < -0.4 is 24.8 Å². The summed E-state index contributed by atoms with van der Waals surface area (Å²) in [5, 5.41) is 6.63. The first-order valence-corrected chi connectivity index (χ1v) is 11.0. The Morgan fingerprint density at radius 1 is 1.09 bits per heavy atom. The number of hydrogen-bond donors (Lipinski definition) is 2. The molecule has 1 saturated heterocycles. The van der Waals surface area contributed by atoms with Crippen LogP contribution >= 0.6 is 24.0 Å². The van der Waals surface area contributed by atoms with E-state index in [1.165, 1.54) is 0 Å². The molecule has 1 aliphatic heterocycles. The zero-order valence-electron chi connectivity index (χ0n) is 19.6. The molecule has 2 aromatic carbocycles. The van der Waals surface area contributed by atoms with Crippen LogP contribution in [0.2, 0.25) is 0 Å². The molecule has 182 valence electrons. The van der Waals surface area contributed by atoms with Gasteiger partial charge in [-0.25, -0.2) is 0 Å². The van der Waals surface area contributed by atoms with Crippen molar-refractivity contribution in [3.8, 4) is 17.2 Å². The second-order valence-corrected chi connectivity index (χ2v) is 7.30. The van der Waals surface area contributed by atoms with E-state index in [0.29, 0.717) is 37.2 Å². The molecule has 2 aromatic rings. The van der Waals surface area contributed by atoms with Gasteiger partial charge in [0.2, 0.25) is 0 Å². The molecule has 33 heavy (non-hydrogen) atoms. The van der Waals surface area contributed by atoms with Crippen LogP contribution in [-0.4, -0.2) is 71.1 Å². The van der Waals surface area contributed by atoms with Crippen molar-refractivity contribution < 1.29 is 18.9 Å². The summed E-state index contributed by atoms with van der Waals surface area (Å²) in [6.45, 7) is 8.26. The van der Waals surface area contributed by atoms with E-state index in [-0.39, 0.29) is 24.0 Å². The summed E-state index contributed by atoms with van der Waals surface area (Å²) in [5.41, 5.74) is 1.98. The molecule has 0 aliphatic carbocycles. The van der Waals surface area contributed by atoms with E-state index >= 15 is 0 Å². The lowest BCUT2D eigenvalue weighted by Gasteiger charge is -2.26. The van der Waals surface area contributed by atoms with Crippen LogP contribution in [0.25, 0.3) is 0 Å². The number of benzene rings is 2. The Morgan fingerprint density at radius 3 is 2.64 bits per heavy atom. The van der Waals surface area contributed by atoms with Gasteiger partial charge in [-0.3, -0.25) is 9.89 Å². The van der Waals surface area contributed by atoms with Gasteiger partial charge in [0.25, 0.3) is 0 Å². The fourth-order valence-electron chi connectivity index (χ4n) is 3.39. The summed E-state index contributed by atoms with van der Waals surface area (Å²) in [5.74, 6) is 2.93. The number of halogens is 1. The van der Waals surface area contributed by atoms with Gasteiger partial charge in [-0.2, -0.15) is 0 Å². The maximum Gasteiger partial charge on any atom is 0.195 e. The van der Waals surface area contributed by atoms with E-state index < -0.39 is 0 Å². The molecule has 3 rings (SSSR count). The van der Waals surface area contributed by atoms with Gasteiger partial charge in [-0.05, 0) is 36.8 Å². The molecular weight excluding hydrogens is 535 g/mol. The smallest absolute Gasteiger partial charge is 0.195 e. The van der Waals surface area contributed by atoms with Crippen molar-refractivity contribution in [3.63, 3.8) is 0 Å². The first-order chi connectivity index (χ1) is 15.7. The summed E-state index contributed by atoms with van der Waals surface area (Å²) >= 11 is 0. The molecule has 0 atom stereocenters. The number of ether oxygens (including phenoxy) is 4. The van der Waals surface area contributed by atoms with E-state index in [1.807, 2.05) is 37.3 Å². The SMILES string of the molecule is CCOc1cc(NC(=NC)NCc2cccc(OCCN3CCOCC3)c2)ccc1OC.I. The minimum Gasteiger partial charge on any atom is -0.493 e. The van der Waals surface area contributed by atoms with Crippen LogP contribution in [0.4, 0.5) is 5.69 Å². The van der Waals surface area contributed by atoms with Crippen molar-refractivity contribution >= 4 is 35.6 Å². The van der Waals surface area contributed by atoms with Crippen LogP contribution in [0.5, 0.6) is 17.2 Å². The Bertz CT molecular complexity index is 875. The van der Waals surface area contributed by atoms with Crippen LogP contribution in [-0.2, 0) is 11.3 Å². The third-order valence-corrected chi connectivity index (χ3v) is 5.09. The third-order valence-electron chi connectivity index (χ3n) is 5.09. The van der Waals surface area contributed by atoms with Crippen LogP contribution in [0.15, 0.2) is 47.5 Å². The molecule has 0 spiro atoms. The minimum absolute atomic E-state index is 0. The lowest BCUT2D eigenvalue weighted by molar-refractivity contribution is 0.0322. The number of methoxy groups -OCH3 is 1. The molecular formula is C24H35IN4O4. The fraction of sp³-hybridized carbons (Fsp3) is 0.458. The Balaban J connectivity index is 0.00000385. The maximum atomic E-state index is 5.95. The van der Waals surface area contributed by atoms with Crippen molar-refractivity contribution in [1.82, 2.24) is 10.2 Å². The van der Waals surface area contributed by atoms with Gasteiger partial charge in [0.1, 0.15) is 12.4 Å². The van der Waals surface area contributed by atoms with Crippen molar-refractivity contribution in [1.29, 1.82) is 0 Å². The summed E-state index contributed by atoms with van der Waals surface area (Å²) in [7, 11) is 3.37. The second-order valence-electron chi connectivity index (χ2n) is 7.30. The number of nitrogens with one attached hydrogen (secondary N) is 2. The first kappa shape index (κ1) is 27.0. The normalized spacial score (nSPS) is 14.2. The van der Waals surface area contributed by atoms with Crippen molar-refractivity contribution in [2.24, 2.45) is 4.99 Å². The largest absolute Gasteiger partial charge is 0.493 e. The highest BCUT2D eigenvalue weighted by Gasteiger charge is 2.10. The third kappa shape index (κ3) is 8.90. The Labute approximate surface area is 213 Å². The molecule has 1 aliphatic rings. The molecule has 0 bridgehead atoms.